The van der Waals surface area contributed by atoms with Crippen LogP contribution in [0, 0.1) is 5.92 Å². The molecule has 1 atom stereocenters. The van der Waals surface area contributed by atoms with Gasteiger partial charge in [-0.05, 0) is 45.1 Å². The van der Waals surface area contributed by atoms with Gasteiger partial charge in [0.15, 0.2) is 0 Å². The van der Waals surface area contributed by atoms with Gasteiger partial charge < -0.3 is 9.47 Å². The van der Waals surface area contributed by atoms with Crippen LogP contribution in [0.4, 0.5) is 0 Å². The van der Waals surface area contributed by atoms with E-state index < -0.39 is 5.54 Å². The van der Waals surface area contributed by atoms with E-state index in [-0.39, 0.29) is 5.97 Å². The van der Waals surface area contributed by atoms with Gasteiger partial charge in [-0.1, -0.05) is 20.3 Å². The van der Waals surface area contributed by atoms with Crippen molar-refractivity contribution in [3.63, 3.8) is 0 Å². The molecular weight excluding hydrogens is 242 g/mol. The monoisotopic (exact) mass is 271 g/mol. The first-order valence-corrected chi connectivity index (χ1v) is 7.71. The summed E-state index contributed by atoms with van der Waals surface area (Å²) in [7, 11) is 0. The average molecular weight is 271 g/mol. The highest BCUT2D eigenvalue weighted by molar-refractivity contribution is 5.82. The molecule has 1 rings (SSSR count). The Morgan fingerprint density at radius 3 is 2.53 bits per heavy atom. The molecule has 0 radical (unpaired) electrons. The number of nitrogens with one attached hydrogen (secondary N) is 1. The molecule has 4 nitrogen and oxygen atoms in total. The van der Waals surface area contributed by atoms with E-state index in [1.807, 2.05) is 6.92 Å². The Morgan fingerprint density at radius 1 is 1.26 bits per heavy atom. The molecule has 0 saturated heterocycles. The van der Waals surface area contributed by atoms with Crippen molar-refractivity contribution in [2.45, 2.75) is 58.4 Å². The highest BCUT2D eigenvalue weighted by Crippen LogP contribution is 2.40. The summed E-state index contributed by atoms with van der Waals surface area (Å²) in [6.07, 6.45) is 5.33. The van der Waals surface area contributed by atoms with E-state index >= 15 is 0 Å². The van der Waals surface area contributed by atoms with Crippen molar-refractivity contribution in [1.82, 2.24) is 5.32 Å². The lowest BCUT2D eigenvalue weighted by molar-refractivity contribution is -0.155. The van der Waals surface area contributed by atoms with E-state index in [1.54, 1.807) is 0 Å². The van der Waals surface area contributed by atoms with E-state index in [1.165, 1.54) is 0 Å². The van der Waals surface area contributed by atoms with Crippen LogP contribution in [0.25, 0.3) is 0 Å². The number of ether oxygens (including phenoxy) is 2. The van der Waals surface area contributed by atoms with Gasteiger partial charge in [0.25, 0.3) is 0 Å². The minimum absolute atomic E-state index is 0.137. The zero-order chi connectivity index (χ0) is 14.1. The van der Waals surface area contributed by atoms with E-state index in [0.29, 0.717) is 19.1 Å². The molecule has 4 heteroatoms. The van der Waals surface area contributed by atoms with Gasteiger partial charge in [-0.3, -0.25) is 5.32 Å². The van der Waals surface area contributed by atoms with E-state index in [4.69, 9.17) is 9.47 Å². The number of hydrogen-bond donors (Lipinski definition) is 1. The van der Waals surface area contributed by atoms with Gasteiger partial charge in [-0.2, -0.15) is 0 Å². The summed E-state index contributed by atoms with van der Waals surface area (Å²) in [6.45, 7) is 8.51. The summed E-state index contributed by atoms with van der Waals surface area (Å²) in [4.78, 5) is 12.4. The molecular formula is C15H29NO3. The molecule has 1 N–H and O–H groups in total. The Balaban J connectivity index is 2.64. The van der Waals surface area contributed by atoms with Crippen LogP contribution in [0.3, 0.4) is 0 Å². The summed E-state index contributed by atoms with van der Waals surface area (Å²) in [5.74, 6) is 0.238. The lowest BCUT2D eigenvalue weighted by Gasteiger charge is -2.32. The number of esters is 1. The zero-order valence-electron chi connectivity index (χ0n) is 12.7. The van der Waals surface area contributed by atoms with Gasteiger partial charge in [-0.15, -0.1) is 0 Å². The second-order valence-corrected chi connectivity index (χ2v) is 5.30. The average Bonchev–Trinajstić information content (AvgIpc) is 3.23. The standard InChI is InChI=1S/C15H29NO3/c1-4-7-11-18-12-15(13-8-9-13,16-10-5-2)14(17)19-6-3/h13,16H,4-12H2,1-3H3. The van der Waals surface area contributed by atoms with Crippen molar-refractivity contribution in [1.29, 1.82) is 0 Å². The van der Waals surface area contributed by atoms with Gasteiger partial charge in [0, 0.05) is 6.61 Å². The smallest absolute Gasteiger partial charge is 0.329 e. The van der Waals surface area contributed by atoms with E-state index in [2.05, 4.69) is 19.2 Å². The summed E-state index contributed by atoms with van der Waals surface area (Å²) >= 11 is 0. The Bertz CT molecular complexity index is 266. The second kappa shape index (κ2) is 8.54. The fourth-order valence-corrected chi connectivity index (χ4v) is 2.27. The molecule has 0 bridgehead atoms. The summed E-state index contributed by atoms with van der Waals surface area (Å²) in [6, 6.07) is 0. The quantitative estimate of drug-likeness (QED) is 0.463. The predicted molar refractivity (Wildman–Crippen MR) is 76.1 cm³/mol. The Morgan fingerprint density at radius 2 is 2.00 bits per heavy atom. The molecule has 1 aliphatic rings. The number of carbonyl (C=O) groups excluding carboxylic acids is 1. The number of carbonyl (C=O) groups is 1. The molecule has 1 unspecified atom stereocenters. The predicted octanol–water partition coefficient (Wildman–Crippen LogP) is 2.51. The van der Waals surface area contributed by atoms with Crippen LogP contribution in [0.5, 0.6) is 0 Å². The van der Waals surface area contributed by atoms with Crippen LogP contribution < -0.4 is 5.32 Å². The zero-order valence-corrected chi connectivity index (χ0v) is 12.7. The normalized spacial score (nSPS) is 18.1. The number of rotatable bonds is 11. The molecule has 19 heavy (non-hydrogen) atoms. The first kappa shape index (κ1) is 16.4. The van der Waals surface area contributed by atoms with Gasteiger partial charge in [0.05, 0.1) is 13.2 Å². The minimum Gasteiger partial charge on any atom is -0.465 e. The first-order valence-electron chi connectivity index (χ1n) is 7.71. The van der Waals surface area contributed by atoms with Crippen LogP contribution >= 0.6 is 0 Å². The number of hydrogen-bond acceptors (Lipinski definition) is 4. The van der Waals surface area contributed by atoms with Crippen molar-refractivity contribution in [2.24, 2.45) is 5.92 Å². The van der Waals surface area contributed by atoms with Gasteiger partial charge in [-0.25, -0.2) is 4.79 Å². The van der Waals surface area contributed by atoms with Gasteiger partial charge in [0.2, 0.25) is 0 Å². The van der Waals surface area contributed by atoms with E-state index in [0.717, 1.165) is 45.3 Å². The maximum absolute atomic E-state index is 12.4. The Hall–Kier alpha value is -0.610. The minimum atomic E-state index is -0.611. The van der Waals surface area contributed by atoms with Crippen molar-refractivity contribution in [3.05, 3.63) is 0 Å². The Kier molecular flexibility index (Phi) is 7.39. The van der Waals surface area contributed by atoms with Crippen molar-refractivity contribution >= 4 is 5.97 Å². The molecule has 0 aromatic carbocycles. The third-order valence-electron chi connectivity index (χ3n) is 3.58. The van der Waals surface area contributed by atoms with Crippen molar-refractivity contribution < 1.29 is 14.3 Å². The lowest BCUT2D eigenvalue weighted by atomic mass is 9.93. The van der Waals surface area contributed by atoms with Gasteiger partial charge in [0.1, 0.15) is 5.54 Å². The molecule has 0 heterocycles. The van der Waals surface area contributed by atoms with Crippen molar-refractivity contribution in [3.8, 4) is 0 Å². The SMILES string of the molecule is CCCCOCC(NCCC)(C(=O)OCC)C1CC1. The lowest BCUT2D eigenvalue weighted by Crippen LogP contribution is -2.58. The largest absolute Gasteiger partial charge is 0.465 e. The second-order valence-electron chi connectivity index (χ2n) is 5.30. The fraction of sp³-hybridized carbons (Fsp3) is 0.933. The van der Waals surface area contributed by atoms with Crippen LogP contribution in [-0.4, -0.2) is 37.9 Å². The molecule has 0 aromatic rings. The van der Waals surface area contributed by atoms with E-state index in [9.17, 15) is 4.79 Å². The van der Waals surface area contributed by atoms with Crippen LogP contribution in [0.2, 0.25) is 0 Å². The molecule has 0 spiro atoms. The third-order valence-corrected chi connectivity index (χ3v) is 3.58. The van der Waals surface area contributed by atoms with Crippen molar-refractivity contribution in [2.75, 3.05) is 26.4 Å². The van der Waals surface area contributed by atoms with Gasteiger partial charge >= 0.3 is 5.97 Å². The topological polar surface area (TPSA) is 47.6 Å². The molecule has 112 valence electrons. The molecule has 1 fully saturated rings. The summed E-state index contributed by atoms with van der Waals surface area (Å²) < 4.78 is 11.0. The molecule has 0 amide bonds. The van der Waals surface area contributed by atoms with Crippen LogP contribution in [0.15, 0.2) is 0 Å². The highest BCUT2D eigenvalue weighted by Gasteiger charge is 2.52. The maximum Gasteiger partial charge on any atom is 0.329 e. The third kappa shape index (κ3) is 4.77. The molecule has 1 aliphatic carbocycles. The molecule has 1 saturated carbocycles. The van der Waals surface area contributed by atoms with Crippen LogP contribution in [0.1, 0.15) is 52.9 Å². The molecule has 0 aromatic heterocycles. The fourth-order valence-electron chi connectivity index (χ4n) is 2.27. The molecule has 0 aliphatic heterocycles. The summed E-state index contributed by atoms with van der Waals surface area (Å²) in [5.41, 5.74) is -0.611. The first-order chi connectivity index (χ1) is 9.21. The van der Waals surface area contributed by atoms with Crippen LogP contribution in [-0.2, 0) is 14.3 Å². The number of unbranched alkanes of at least 4 members (excludes halogenated alkanes) is 1. The summed E-state index contributed by atoms with van der Waals surface area (Å²) in [5, 5.41) is 3.41. The maximum atomic E-state index is 12.4. The Labute approximate surface area is 117 Å². The highest BCUT2D eigenvalue weighted by atomic mass is 16.5.